The molecule has 1 amide bonds. The van der Waals surface area contributed by atoms with E-state index in [0.717, 1.165) is 6.54 Å². The molecule has 0 bridgehead atoms. The third-order valence-corrected chi connectivity index (χ3v) is 3.02. The molecular weight excluding hydrogens is 207 g/mol. The molecule has 1 saturated carbocycles. The number of nitrogens with one attached hydrogen (secondary N) is 1. The number of carbonyl (C=O) groups is 1. The Morgan fingerprint density at radius 2 is 2.19 bits per heavy atom. The number of amides is 1. The predicted octanol–water partition coefficient (Wildman–Crippen LogP) is 2.14. The summed E-state index contributed by atoms with van der Waals surface area (Å²) >= 11 is 0. The Morgan fingerprint density at radius 3 is 2.81 bits per heavy atom. The van der Waals surface area contributed by atoms with Crippen LogP contribution in [-0.2, 0) is 0 Å². The first-order valence-corrected chi connectivity index (χ1v) is 5.65. The standard InChI is InChI=1S/C12H15FN2O/c13-11-6-5-10(8-14-11)12(16)15-7-9-3-1-2-4-9/h5-6,8-9H,1-4,7H2,(H,15,16). The first-order valence-electron chi connectivity index (χ1n) is 5.65. The summed E-state index contributed by atoms with van der Waals surface area (Å²) in [7, 11) is 0. The first kappa shape index (κ1) is 11.0. The zero-order valence-corrected chi connectivity index (χ0v) is 9.08. The highest BCUT2D eigenvalue weighted by molar-refractivity contribution is 5.93. The predicted molar refractivity (Wildman–Crippen MR) is 58.5 cm³/mol. The Bertz CT molecular complexity index is 358. The highest BCUT2D eigenvalue weighted by Crippen LogP contribution is 2.23. The molecule has 0 radical (unpaired) electrons. The van der Waals surface area contributed by atoms with E-state index < -0.39 is 5.95 Å². The van der Waals surface area contributed by atoms with Gasteiger partial charge >= 0.3 is 0 Å². The highest BCUT2D eigenvalue weighted by atomic mass is 19.1. The molecule has 0 atom stereocenters. The van der Waals surface area contributed by atoms with Crippen molar-refractivity contribution in [1.82, 2.24) is 10.3 Å². The van der Waals surface area contributed by atoms with Gasteiger partial charge in [-0.1, -0.05) is 12.8 Å². The number of nitrogens with zero attached hydrogens (tertiary/aromatic N) is 1. The summed E-state index contributed by atoms with van der Waals surface area (Å²) in [6.45, 7) is 0.718. The minimum atomic E-state index is -0.563. The quantitative estimate of drug-likeness (QED) is 0.796. The lowest BCUT2D eigenvalue weighted by atomic mass is 10.1. The molecular formula is C12H15FN2O. The number of pyridine rings is 1. The molecule has 0 spiro atoms. The van der Waals surface area contributed by atoms with Gasteiger partial charge in [0.2, 0.25) is 5.95 Å². The van der Waals surface area contributed by atoms with Crippen LogP contribution in [0.3, 0.4) is 0 Å². The Kier molecular flexibility index (Phi) is 3.49. The molecule has 1 aliphatic carbocycles. The van der Waals surface area contributed by atoms with Crippen LogP contribution in [0.5, 0.6) is 0 Å². The lowest BCUT2D eigenvalue weighted by Crippen LogP contribution is -2.28. The fourth-order valence-electron chi connectivity index (χ4n) is 2.06. The third-order valence-electron chi connectivity index (χ3n) is 3.02. The van der Waals surface area contributed by atoms with E-state index in [0.29, 0.717) is 11.5 Å². The second kappa shape index (κ2) is 5.05. The van der Waals surface area contributed by atoms with E-state index in [-0.39, 0.29) is 5.91 Å². The van der Waals surface area contributed by atoms with E-state index in [9.17, 15) is 9.18 Å². The molecule has 0 saturated heterocycles. The van der Waals surface area contributed by atoms with Gasteiger partial charge in [0.05, 0.1) is 5.56 Å². The van der Waals surface area contributed by atoms with Gasteiger partial charge in [-0.3, -0.25) is 4.79 Å². The molecule has 1 aromatic heterocycles. The molecule has 0 aromatic carbocycles. The van der Waals surface area contributed by atoms with E-state index in [1.54, 1.807) is 0 Å². The van der Waals surface area contributed by atoms with Crippen molar-refractivity contribution in [1.29, 1.82) is 0 Å². The molecule has 0 aliphatic heterocycles. The first-order chi connectivity index (χ1) is 7.75. The monoisotopic (exact) mass is 222 g/mol. The normalized spacial score (nSPS) is 16.3. The molecule has 16 heavy (non-hydrogen) atoms. The SMILES string of the molecule is O=C(NCC1CCCC1)c1ccc(F)nc1. The van der Waals surface area contributed by atoms with Crippen LogP contribution < -0.4 is 5.32 Å². The van der Waals surface area contributed by atoms with Gasteiger partial charge in [-0.05, 0) is 30.9 Å². The third kappa shape index (κ3) is 2.78. The molecule has 0 unspecified atom stereocenters. The van der Waals surface area contributed by atoms with Gasteiger partial charge in [0.25, 0.3) is 5.91 Å². The lowest BCUT2D eigenvalue weighted by Gasteiger charge is -2.10. The van der Waals surface area contributed by atoms with Crippen LogP contribution in [0, 0.1) is 11.9 Å². The summed E-state index contributed by atoms with van der Waals surface area (Å²) in [6.07, 6.45) is 6.18. The molecule has 1 aromatic rings. The van der Waals surface area contributed by atoms with E-state index in [1.165, 1.54) is 44.0 Å². The minimum absolute atomic E-state index is 0.167. The summed E-state index contributed by atoms with van der Waals surface area (Å²) in [5.41, 5.74) is 0.416. The molecule has 86 valence electrons. The molecule has 1 fully saturated rings. The van der Waals surface area contributed by atoms with Crippen LogP contribution in [0.4, 0.5) is 4.39 Å². The Balaban J connectivity index is 1.85. The Hall–Kier alpha value is -1.45. The Morgan fingerprint density at radius 1 is 1.44 bits per heavy atom. The topological polar surface area (TPSA) is 42.0 Å². The lowest BCUT2D eigenvalue weighted by molar-refractivity contribution is 0.0947. The fourth-order valence-corrected chi connectivity index (χ4v) is 2.06. The number of carbonyl (C=O) groups excluding carboxylic acids is 1. The zero-order valence-electron chi connectivity index (χ0n) is 9.08. The largest absolute Gasteiger partial charge is 0.352 e. The highest BCUT2D eigenvalue weighted by Gasteiger charge is 2.16. The number of rotatable bonds is 3. The van der Waals surface area contributed by atoms with E-state index >= 15 is 0 Å². The van der Waals surface area contributed by atoms with Crippen molar-refractivity contribution in [2.75, 3.05) is 6.54 Å². The number of hydrogen-bond donors (Lipinski definition) is 1. The van der Waals surface area contributed by atoms with Gasteiger partial charge in [-0.15, -0.1) is 0 Å². The van der Waals surface area contributed by atoms with Gasteiger partial charge in [0, 0.05) is 12.7 Å². The molecule has 1 heterocycles. The fraction of sp³-hybridized carbons (Fsp3) is 0.500. The van der Waals surface area contributed by atoms with E-state index in [4.69, 9.17) is 0 Å². The molecule has 1 N–H and O–H groups in total. The van der Waals surface area contributed by atoms with Gasteiger partial charge in [-0.25, -0.2) is 4.98 Å². The maximum Gasteiger partial charge on any atom is 0.252 e. The summed E-state index contributed by atoms with van der Waals surface area (Å²) < 4.78 is 12.5. The van der Waals surface area contributed by atoms with Crippen molar-refractivity contribution in [3.05, 3.63) is 29.8 Å². The van der Waals surface area contributed by atoms with Crippen molar-refractivity contribution in [3.8, 4) is 0 Å². The van der Waals surface area contributed by atoms with Crippen LogP contribution in [0.2, 0.25) is 0 Å². The number of hydrogen-bond acceptors (Lipinski definition) is 2. The summed E-state index contributed by atoms with van der Waals surface area (Å²) in [5, 5.41) is 2.86. The van der Waals surface area contributed by atoms with Crippen LogP contribution in [0.25, 0.3) is 0 Å². The van der Waals surface area contributed by atoms with E-state index in [1.807, 2.05) is 0 Å². The van der Waals surface area contributed by atoms with Crippen LogP contribution in [0.15, 0.2) is 18.3 Å². The smallest absolute Gasteiger partial charge is 0.252 e. The molecule has 3 nitrogen and oxygen atoms in total. The van der Waals surface area contributed by atoms with Gasteiger partial charge in [-0.2, -0.15) is 4.39 Å². The molecule has 2 rings (SSSR count). The second-order valence-corrected chi connectivity index (χ2v) is 4.23. The zero-order chi connectivity index (χ0) is 11.4. The average molecular weight is 222 g/mol. The average Bonchev–Trinajstić information content (AvgIpc) is 2.80. The van der Waals surface area contributed by atoms with Crippen LogP contribution >= 0.6 is 0 Å². The summed E-state index contributed by atoms with van der Waals surface area (Å²) in [4.78, 5) is 15.1. The second-order valence-electron chi connectivity index (χ2n) is 4.23. The van der Waals surface area contributed by atoms with Gasteiger partial charge in [0.15, 0.2) is 0 Å². The summed E-state index contributed by atoms with van der Waals surface area (Å²) in [5.74, 6) is -0.121. The maximum atomic E-state index is 12.5. The summed E-state index contributed by atoms with van der Waals surface area (Å²) in [6, 6.07) is 2.65. The van der Waals surface area contributed by atoms with Crippen molar-refractivity contribution >= 4 is 5.91 Å². The Labute approximate surface area is 94.1 Å². The van der Waals surface area contributed by atoms with Crippen LogP contribution in [-0.4, -0.2) is 17.4 Å². The van der Waals surface area contributed by atoms with Gasteiger partial charge in [0.1, 0.15) is 0 Å². The van der Waals surface area contributed by atoms with Crippen LogP contribution in [0.1, 0.15) is 36.0 Å². The maximum absolute atomic E-state index is 12.5. The minimum Gasteiger partial charge on any atom is -0.352 e. The van der Waals surface area contributed by atoms with Crippen molar-refractivity contribution in [3.63, 3.8) is 0 Å². The number of halogens is 1. The van der Waals surface area contributed by atoms with Crippen molar-refractivity contribution in [2.24, 2.45) is 5.92 Å². The molecule has 4 heteroatoms. The number of aromatic nitrogens is 1. The van der Waals surface area contributed by atoms with Crippen molar-refractivity contribution < 1.29 is 9.18 Å². The van der Waals surface area contributed by atoms with E-state index in [2.05, 4.69) is 10.3 Å². The molecule has 1 aliphatic rings. The van der Waals surface area contributed by atoms with Gasteiger partial charge < -0.3 is 5.32 Å². The van der Waals surface area contributed by atoms with Crippen molar-refractivity contribution in [2.45, 2.75) is 25.7 Å².